The number of amides is 1. The molecule has 3 rings (SSSR count). The van der Waals surface area contributed by atoms with Crippen LogP contribution in [0, 0.1) is 0 Å². The highest BCUT2D eigenvalue weighted by Gasteiger charge is 2.20. The number of carbonyl (C=O) groups excluding carboxylic acids is 1. The molecule has 2 N–H and O–H groups in total. The molecule has 3 aromatic rings. The number of ether oxygens (including phenoxy) is 1. The summed E-state index contributed by atoms with van der Waals surface area (Å²) in [5.74, 6) is 0.743. The highest BCUT2D eigenvalue weighted by molar-refractivity contribution is 5.93. The summed E-state index contributed by atoms with van der Waals surface area (Å²) in [4.78, 5) is 14.9. The molecule has 1 atom stereocenters. The maximum Gasteiger partial charge on any atom is 0.229 e. The Morgan fingerprint density at radius 3 is 2.11 bits per heavy atom. The van der Waals surface area contributed by atoms with Gasteiger partial charge in [-0.15, -0.1) is 0 Å². The Hall–Kier alpha value is -3.11. The van der Waals surface area contributed by atoms with Crippen LogP contribution in [0.1, 0.15) is 23.6 Å². The largest absolute Gasteiger partial charge is 0.497 e. The lowest BCUT2D eigenvalue weighted by Gasteiger charge is -2.25. The van der Waals surface area contributed by atoms with Gasteiger partial charge in [-0.05, 0) is 35.4 Å². The van der Waals surface area contributed by atoms with E-state index in [1.807, 2.05) is 84.9 Å². The second kappa shape index (κ2) is 9.01. The third kappa shape index (κ3) is 4.96. The van der Waals surface area contributed by atoms with E-state index in [-0.39, 0.29) is 18.4 Å². The van der Waals surface area contributed by atoms with E-state index in [0.717, 1.165) is 22.6 Å². The summed E-state index contributed by atoms with van der Waals surface area (Å²) in [6.45, 7) is 0.494. The minimum Gasteiger partial charge on any atom is -0.497 e. The molecule has 1 unspecified atom stereocenters. The fraction of sp³-hybridized carbons (Fsp3) is 0.174. The molecular weight excluding hydrogens is 336 g/mol. The first-order chi connectivity index (χ1) is 13.2. The molecule has 0 aliphatic carbocycles. The highest BCUT2D eigenvalue weighted by atomic mass is 16.5. The van der Waals surface area contributed by atoms with Gasteiger partial charge in [0.15, 0.2) is 0 Å². The predicted molar refractivity (Wildman–Crippen MR) is 109 cm³/mol. The van der Waals surface area contributed by atoms with Gasteiger partial charge in [0.1, 0.15) is 5.75 Å². The van der Waals surface area contributed by atoms with Gasteiger partial charge in [-0.3, -0.25) is 4.79 Å². The van der Waals surface area contributed by atoms with Crippen molar-refractivity contribution in [2.24, 2.45) is 5.73 Å². The van der Waals surface area contributed by atoms with Gasteiger partial charge in [-0.25, -0.2) is 0 Å². The van der Waals surface area contributed by atoms with Gasteiger partial charge in [-0.1, -0.05) is 60.7 Å². The smallest absolute Gasteiger partial charge is 0.229 e. The Labute approximate surface area is 160 Å². The van der Waals surface area contributed by atoms with Gasteiger partial charge in [0.2, 0.25) is 5.91 Å². The van der Waals surface area contributed by atoms with Gasteiger partial charge in [-0.2, -0.15) is 0 Å². The number of carbonyl (C=O) groups is 1. The number of hydrogen-bond donors (Lipinski definition) is 1. The number of rotatable bonds is 7. The van der Waals surface area contributed by atoms with Gasteiger partial charge in [0.05, 0.1) is 13.7 Å². The molecule has 0 aliphatic heterocycles. The second-order valence-electron chi connectivity index (χ2n) is 6.38. The number of hydrogen-bond acceptors (Lipinski definition) is 3. The Morgan fingerprint density at radius 1 is 0.926 bits per heavy atom. The van der Waals surface area contributed by atoms with Crippen LogP contribution in [-0.4, -0.2) is 13.0 Å². The summed E-state index contributed by atoms with van der Waals surface area (Å²) in [6, 6.07) is 26.8. The maximum absolute atomic E-state index is 13.1. The molecule has 27 heavy (non-hydrogen) atoms. The van der Waals surface area contributed by atoms with E-state index in [9.17, 15) is 4.79 Å². The Morgan fingerprint density at radius 2 is 1.52 bits per heavy atom. The van der Waals surface area contributed by atoms with Crippen LogP contribution in [0.5, 0.6) is 5.75 Å². The first-order valence-corrected chi connectivity index (χ1v) is 8.96. The number of nitrogens with zero attached hydrogens (tertiary/aromatic N) is 1. The Kier molecular flexibility index (Phi) is 6.23. The van der Waals surface area contributed by atoms with E-state index >= 15 is 0 Å². The van der Waals surface area contributed by atoms with Crippen LogP contribution in [0.3, 0.4) is 0 Å². The average molecular weight is 360 g/mol. The molecule has 0 aromatic heterocycles. The standard InChI is InChI=1S/C23H24N2O2/c1-27-21-14-12-20(13-15-21)25(17-18-8-4-2-5-9-18)23(26)16-22(24)19-10-6-3-7-11-19/h2-15,22H,16-17,24H2,1H3. The summed E-state index contributed by atoms with van der Waals surface area (Å²) >= 11 is 0. The van der Waals surface area contributed by atoms with E-state index < -0.39 is 0 Å². The van der Waals surface area contributed by atoms with E-state index in [0.29, 0.717) is 6.54 Å². The molecule has 0 bridgehead atoms. The maximum atomic E-state index is 13.1. The van der Waals surface area contributed by atoms with Crippen molar-refractivity contribution < 1.29 is 9.53 Å². The third-order valence-electron chi connectivity index (χ3n) is 4.49. The number of benzene rings is 3. The van der Waals surface area contributed by atoms with Crippen LogP contribution in [-0.2, 0) is 11.3 Å². The number of methoxy groups -OCH3 is 1. The molecule has 138 valence electrons. The molecule has 4 heteroatoms. The van der Waals surface area contributed by atoms with Crippen molar-refractivity contribution in [3.05, 3.63) is 96.1 Å². The minimum atomic E-state index is -0.338. The van der Waals surface area contributed by atoms with Gasteiger partial charge in [0.25, 0.3) is 0 Å². The normalized spacial score (nSPS) is 11.6. The molecule has 0 spiro atoms. The van der Waals surface area contributed by atoms with E-state index in [1.54, 1.807) is 12.0 Å². The topological polar surface area (TPSA) is 55.6 Å². The third-order valence-corrected chi connectivity index (χ3v) is 4.49. The first kappa shape index (κ1) is 18.7. The molecule has 0 saturated carbocycles. The molecule has 4 nitrogen and oxygen atoms in total. The van der Waals surface area contributed by atoms with Crippen molar-refractivity contribution in [1.29, 1.82) is 0 Å². The number of nitrogens with two attached hydrogens (primary N) is 1. The summed E-state index contributed by atoms with van der Waals surface area (Å²) in [5.41, 5.74) is 9.13. The summed E-state index contributed by atoms with van der Waals surface area (Å²) < 4.78 is 5.23. The molecule has 0 aliphatic rings. The van der Waals surface area contributed by atoms with Crippen molar-refractivity contribution in [1.82, 2.24) is 0 Å². The van der Waals surface area contributed by atoms with Crippen LogP contribution in [0.4, 0.5) is 5.69 Å². The number of anilines is 1. The first-order valence-electron chi connectivity index (χ1n) is 8.96. The molecule has 0 radical (unpaired) electrons. The van der Waals surface area contributed by atoms with Crippen molar-refractivity contribution >= 4 is 11.6 Å². The van der Waals surface area contributed by atoms with E-state index in [1.165, 1.54) is 0 Å². The van der Waals surface area contributed by atoms with Gasteiger partial charge in [0, 0.05) is 18.2 Å². The predicted octanol–water partition coefficient (Wildman–Crippen LogP) is 4.32. The van der Waals surface area contributed by atoms with Gasteiger partial charge >= 0.3 is 0 Å². The minimum absolute atomic E-state index is 0.0135. The van der Waals surface area contributed by atoms with Crippen molar-refractivity contribution in [2.45, 2.75) is 19.0 Å². The zero-order chi connectivity index (χ0) is 19.1. The summed E-state index contributed by atoms with van der Waals surface area (Å²) in [6.07, 6.45) is 0.239. The van der Waals surface area contributed by atoms with Crippen LogP contribution in [0.2, 0.25) is 0 Å². The molecule has 1 amide bonds. The SMILES string of the molecule is COc1ccc(N(Cc2ccccc2)C(=O)CC(N)c2ccccc2)cc1. The van der Waals surface area contributed by atoms with Crippen molar-refractivity contribution in [2.75, 3.05) is 12.0 Å². The lowest BCUT2D eigenvalue weighted by Crippen LogP contribution is -2.33. The van der Waals surface area contributed by atoms with E-state index in [2.05, 4.69) is 0 Å². The zero-order valence-corrected chi connectivity index (χ0v) is 15.4. The Balaban J connectivity index is 1.82. The van der Waals surface area contributed by atoms with Crippen LogP contribution >= 0.6 is 0 Å². The fourth-order valence-electron chi connectivity index (χ4n) is 2.97. The van der Waals surface area contributed by atoms with Crippen LogP contribution < -0.4 is 15.4 Å². The quantitative estimate of drug-likeness (QED) is 0.683. The summed E-state index contributed by atoms with van der Waals surface area (Å²) in [5, 5.41) is 0. The summed E-state index contributed by atoms with van der Waals surface area (Å²) in [7, 11) is 1.63. The van der Waals surface area contributed by atoms with Crippen molar-refractivity contribution in [3.8, 4) is 5.75 Å². The molecular formula is C23H24N2O2. The van der Waals surface area contributed by atoms with E-state index in [4.69, 9.17) is 10.5 Å². The lowest BCUT2D eigenvalue weighted by molar-refractivity contribution is -0.119. The second-order valence-corrected chi connectivity index (χ2v) is 6.38. The molecule has 3 aromatic carbocycles. The fourth-order valence-corrected chi connectivity index (χ4v) is 2.97. The lowest BCUT2D eigenvalue weighted by atomic mass is 10.0. The van der Waals surface area contributed by atoms with Gasteiger partial charge < -0.3 is 15.4 Å². The van der Waals surface area contributed by atoms with Crippen molar-refractivity contribution in [3.63, 3.8) is 0 Å². The molecule has 0 saturated heterocycles. The Bertz CT molecular complexity index is 849. The zero-order valence-electron chi connectivity index (χ0n) is 15.4. The van der Waals surface area contributed by atoms with Crippen LogP contribution in [0.25, 0.3) is 0 Å². The monoisotopic (exact) mass is 360 g/mol. The molecule has 0 fully saturated rings. The van der Waals surface area contributed by atoms with Crippen LogP contribution in [0.15, 0.2) is 84.9 Å². The molecule has 0 heterocycles. The average Bonchev–Trinajstić information content (AvgIpc) is 2.73. The highest BCUT2D eigenvalue weighted by Crippen LogP contribution is 2.24.